The van der Waals surface area contributed by atoms with E-state index in [0.29, 0.717) is 6.54 Å². The Morgan fingerprint density at radius 2 is 2.08 bits per heavy atom. The molecule has 2 amide bonds. The van der Waals surface area contributed by atoms with Crippen molar-refractivity contribution < 1.29 is 9.59 Å². The summed E-state index contributed by atoms with van der Waals surface area (Å²) in [6.07, 6.45) is 3.46. The molecular weight excluding hydrogens is 320 g/mol. The van der Waals surface area contributed by atoms with Crippen molar-refractivity contribution in [3.8, 4) is 0 Å². The molecule has 1 aromatic heterocycles. The lowest BCUT2D eigenvalue weighted by Gasteiger charge is -2.31. The molecule has 8 nitrogen and oxygen atoms in total. The summed E-state index contributed by atoms with van der Waals surface area (Å²) >= 11 is 0. The molecule has 4 heterocycles. The van der Waals surface area contributed by atoms with E-state index in [0.717, 1.165) is 57.0 Å². The molecule has 136 valence electrons. The number of likely N-dealkylation sites (tertiary alicyclic amines) is 1. The summed E-state index contributed by atoms with van der Waals surface area (Å²) < 4.78 is 2.07. The van der Waals surface area contributed by atoms with E-state index in [1.165, 1.54) is 0 Å². The summed E-state index contributed by atoms with van der Waals surface area (Å²) in [5.74, 6) is 2.22. The first-order valence-corrected chi connectivity index (χ1v) is 9.21. The molecule has 0 saturated carbocycles. The Morgan fingerprint density at radius 3 is 2.84 bits per heavy atom. The Hall–Kier alpha value is -1.96. The van der Waals surface area contributed by atoms with E-state index < -0.39 is 0 Å². The number of carbonyl (C=O) groups is 2. The van der Waals surface area contributed by atoms with Crippen LogP contribution in [0.4, 0.5) is 0 Å². The fourth-order valence-corrected chi connectivity index (χ4v) is 4.43. The summed E-state index contributed by atoms with van der Waals surface area (Å²) in [6.45, 7) is 5.07. The van der Waals surface area contributed by atoms with Crippen LogP contribution < -0.4 is 5.32 Å². The van der Waals surface area contributed by atoms with Crippen LogP contribution in [0.25, 0.3) is 0 Å². The molecule has 4 rings (SSSR count). The minimum atomic E-state index is -0.00888. The van der Waals surface area contributed by atoms with E-state index in [9.17, 15) is 9.59 Å². The number of rotatable bonds is 3. The molecule has 25 heavy (non-hydrogen) atoms. The molecule has 3 aliphatic rings. The first kappa shape index (κ1) is 16.5. The van der Waals surface area contributed by atoms with Crippen LogP contribution in [0.1, 0.15) is 30.9 Å². The maximum atomic E-state index is 13.0. The van der Waals surface area contributed by atoms with Gasteiger partial charge in [0.25, 0.3) is 0 Å². The van der Waals surface area contributed by atoms with Crippen LogP contribution in [0.3, 0.4) is 0 Å². The van der Waals surface area contributed by atoms with Crippen molar-refractivity contribution in [2.24, 2.45) is 5.92 Å². The van der Waals surface area contributed by atoms with Gasteiger partial charge in [-0.2, -0.15) is 0 Å². The molecule has 2 fully saturated rings. The fraction of sp³-hybridized carbons (Fsp3) is 0.765. The highest BCUT2D eigenvalue weighted by Crippen LogP contribution is 2.25. The van der Waals surface area contributed by atoms with Crippen LogP contribution in [0, 0.1) is 12.8 Å². The standard InChI is InChI=1S/C17H26N6O2/c1-11-19-20-15-4-3-12(9-23(11)15)17(25)21(2)13-6-8-22(10-13)14-5-7-18-16(14)24/h12-14H,3-10H2,1-2H3,(H,18,24). The Kier molecular flexibility index (Phi) is 4.23. The highest BCUT2D eigenvalue weighted by Gasteiger charge is 2.38. The van der Waals surface area contributed by atoms with E-state index in [2.05, 4.69) is 25.0 Å². The van der Waals surface area contributed by atoms with Gasteiger partial charge in [-0.1, -0.05) is 0 Å². The summed E-state index contributed by atoms with van der Waals surface area (Å²) in [6, 6.07) is 0.190. The number of aromatic nitrogens is 3. The molecule has 0 spiro atoms. The average molecular weight is 346 g/mol. The van der Waals surface area contributed by atoms with Crippen LogP contribution in [0.5, 0.6) is 0 Å². The summed E-state index contributed by atoms with van der Waals surface area (Å²) in [4.78, 5) is 29.0. The Balaban J connectivity index is 1.38. The molecule has 0 aliphatic carbocycles. The number of fused-ring (bicyclic) bond motifs is 1. The SMILES string of the molecule is Cc1nnc2n1CC(C(=O)N(C)C1CCN(C3CCNC3=O)C1)CC2. The van der Waals surface area contributed by atoms with Crippen LogP contribution in [-0.4, -0.2) is 75.1 Å². The van der Waals surface area contributed by atoms with Gasteiger partial charge in [-0.15, -0.1) is 10.2 Å². The number of likely N-dealkylation sites (N-methyl/N-ethyl adjacent to an activating group) is 1. The van der Waals surface area contributed by atoms with Crippen molar-refractivity contribution in [3.63, 3.8) is 0 Å². The lowest BCUT2D eigenvalue weighted by molar-refractivity contribution is -0.137. The Bertz CT molecular complexity index is 687. The highest BCUT2D eigenvalue weighted by molar-refractivity contribution is 5.83. The number of hydrogen-bond donors (Lipinski definition) is 1. The zero-order chi connectivity index (χ0) is 17.6. The molecular formula is C17H26N6O2. The van der Waals surface area contributed by atoms with E-state index in [-0.39, 0.29) is 29.8 Å². The first-order valence-electron chi connectivity index (χ1n) is 9.21. The Labute approximate surface area is 147 Å². The van der Waals surface area contributed by atoms with Crippen molar-refractivity contribution in [2.75, 3.05) is 26.7 Å². The average Bonchev–Trinajstić information content (AvgIpc) is 3.33. The molecule has 2 saturated heterocycles. The predicted octanol–water partition coefficient (Wildman–Crippen LogP) is -0.430. The van der Waals surface area contributed by atoms with Gasteiger partial charge in [-0.3, -0.25) is 14.5 Å². The second-order valence-electron chi connectivity index (χ2n) is 7.49. The van der Waals surface area contributed by atoms with E-state index in [1.54, 1.807) is 0 Å². The monoisotopic (exact) mass is 346 g/mol. The third-order valence-electron chi connectivity index (χ3n) is 6.03. The topological polar surface area (TPSA) is 83.4 Å². The highest BCUT2D eigenvalue weighted by atomic mass is 16.2. The summed E-state index contributed by atoms with van der Waals surface area (Å²) in [5.41, 5.74) is 0. The van der Waals surface area contributed by atoms with Gasteiger partial charge in [0.2, 0.25) is 11.8 Å². The van der Waals surface area contributed by atoms with E-state index in [4.69, 9.17) is 0 Å². The van der Waals surface area contributed by atoms with Gasteiger partial charge in [-0.25, -0.2) is 0 Å². The van der Waals surface area contributed by atoms with Gasteiger partial charge in [0.05, 0.1) is 12.0 Å². The second-order valence-corrected chi connectivity index (χ2v) is 7.49. The smallest absolute Gasteiger partial charge is 0.237 e. The van der Waals surface area contributed by atoms with Gasteiger partial charge in [0.1, 0.15) is 11.6 Å². The number of nitrogens with one attached hydrogen (secondary N) is 1. The molecule has 0 radical (unpaired) electrons. The maximum Gasteiger partial charge on any atom is 0.237 e. The number of amides is 2. The quantitative estimate of drug-likeness (QED) is 0.803. The molecule has 0 aromatic carbocycles. The zero-order valence-corrected chi connectivity index (χ0v) is 14.9. The number of carbonyl (C=O) groups excluding carboxylic acids is 2. The lowest BCUT2D eigenvalue weighted by Crippen LogP contribution is -2.46. The third kappa shape index (κ3) is 2.92. The van der Waals surface area contributed by atoms with Crippen molar-refractivity contribution in [3.05, 3.63) is 11.6 Å². The normalized spacial score (nSPS) is 29.5. The van der Waals surface area contributed by atoms with Gasteiger partial charge in [0.15, 0.2) is 0 Å². The van der Waals surface area contributed by atoms with Crippen molar-refractivity contribution >= 4 is 11.8 Å². The van der Waals surface area contributed by atoms with Crippen molar-refractivity contribution in [1.82, 2.24) is 29.9 Å². The van der Waals surface area contributed by atoms with Crippen LogP contribution in [0.15, 0.2) is 0 Å². The van der Waals surface area contributed by atoms with Gasteiger partial charge < -0.3 is 14.8 Å². The molecule has 0 bridgehead atoms. The zero-order valence-electron chi connectivity index (χ0n) is 14.9. The fourth-order valence-electron chi connectivity index (χ4n) is 4.43. The molecule has 3 atom stereocenters. The first-order chi connectivity index (χ1) is 12.0. The van der Waals surface area contributed by atoms with Crippen molar-refractivity contribution in [1.29, 1.82) is 0 Å². The minimum absolute atomic E-state index is 0.00368. The maximum absolute atomic E-state index is 13.0. The largest absolute Gasteiger partial charge is 0.355 e. The van der Waals surface area contributed by atoms with E-state index >= 15 is 0 Å². The number of aryl methyl sites for hydroxylation is 2. The van der Waals surface area contributed by atoms with Crippen LogP contribution in [0.2, 0.25) is 0 Å². The molecule has 3 unspecified atom stereocenters. The van der Waals surface area contributed by atoms with E-state index in [1.807, 2.05) is 18.9 Å². The molecule has 1 N–H and O–H groups in total. The predicted molar refractivity (Wildman–Crippen MR) is 90.7 cm³/mol. The second kappa shape index (κ2) is 6.40. The molecule has 3 aliphatic heterocycles. The van der Waals surface area contributed by atoms with Crippen LogP contribution in [-0.2, 0) is 22.6 Å². The summed E-state index contributed by atoms with van der Waals surface area (Å²) in [7, 11) is 1.92. The van der Waals surface area contributed by atoms with Gasteiger partial charge in [-0.05, 0) is 26.2 Å². The Morgan fingerprint density at radius 1 is 1.24 bits per heavy atom. The van der Waals surface area contributed by atoms with Gasteiger partial charge >= 0.3 is 0 Å². The summed E-state index contributed by atoms with van der Waals surface area (Å²) in [5, 5.41) is 11.2. The minimum Gasteiger partial charge on any atom is -0.355 e. The van der Waals surface area contributed by atoms with Crippen molar-refractivity contribution in [2.45, 2.75) is 51.2 Å². The number of nitrogens with zero attached hydrogens (tertiary/aromatic N) is 5. The van der Waals surface area contributed by atoms with Gasteiger partial charge in [0, 0.05) is 45.7 Å². The molecule has 8 heteroatoms. The number of hydrogen-bond acceptors (Lipinski definition) is 5. The van der Waals surface area contributed by atoms with Crippen LogP contribution >= 0.6 is 0 Å². The lowest BCUT2D eigenvalue weighted by atomic mass is 9.97. The molecule has 1 aromatic rings. The third-order valence-corrected chi connectivity index (χ3v) is 6.03.